The van der Waals surface area contributed by atoms with Crippen molar-refractivity contribution in [3.63, 3.8) is 0 Å². The summed E-state index contributed by atoms with van der Waals surface area (Å²) in [4.78, 5) is 3.44. The Kier molecular flexibility index (Phi) is 2.40. The number of aryl methyl sites for hydroxylation is 1. The monoisotopic (exact) mass is 186 g/mol. The summed E-state index contributed by atoms with van der Waals surface area (Å²) in [5, 5.41) is 5.91. The van der Waals surface area contributed by atoms with Crippen LogP contribution in [-0.2, 0) is 0 Å². The van der Waals surface area contributed by atoms with E-state index in [0.29, 0.717) is 0 Å². The fraction of sp³-hybridized carbons (Fsp3) is 0.0909. The highest BCUT2D eigenvalue weighted by atomic mass is 16.5. The van der Waals surface area contributed by atoms with Gasteiger partial charge in [-0.3, -0.25) is 0 Å². The number of fused-ring (bicyclic) bond motifs is 3. The molecule has 0 aliphatic heterocycles. The molecular weight excluding hydrogens is 176 g/mol. The number of hydrogen-bond donors (Lipinski definition) is 0. The van der Waals surface area contributed by atoms with Crippen LogP contribution >= 0.6 is 0 Å². The number of benzene rings is 3. The summed E-state index contributed by atoms with van der Waals surface area (Å²) in [6.07, 6.45) is 2.60. The molecule has 70 valence electrons. The van der Waals surface area contributed by atoms with E-state index in [1.54, 1.807) is 0 Å². The third kappa shape index (κ3) is 1.88. The van der Waals surface area contributed by atoms with E-state index < -0.39 is 0 Å². The quantitative estimate of drug-likeness (QED) is 0.541. The molecule has 4 aromatic rings. The van der Waals surface area contributed by atoms with E-state index in [2.05, 4.69) is 51.9 Å². The second kappa shape index (κ2) is 3.87. The molecular formula is C11H10N2O. The topological polar surface area (TPSA) is 38.9 Å². The number of aromatic nitrogens is 2. The van der Waals surface area contributed by atoms with Gasteiger partial charge in [-0.25, -0.2) is 4.98 Å². The smallest absolute Gasteiger partial charge is 0.213 e. The van der Waals surface area contributed by atoms with Gasteiger partial charge in [0.05, 0.1) is 0 Å². The summed E-state index contributed by atoms with van der Waals surface area (Å²) in [5.74, 6) is 0. The average molecular weight is 186 g/mol. The number of nitrogens with zero attached hydrogens (tertiary/aromatic N) is 2. The first-order valence-corrected chi connectivity index (χ1v) is 4.34. The minimum Gasteiger partial charge on any atom is -0.343 e. The van der Waals surface area contributed by atoms with Crippen LogP contribution in [0.4, 0.5) is 0 Å². The Bertz CT molecular complexity index is 439. The standard InChI is InChI=1S/C9H8.C2H2N2O/c1-7-6-8-2-4-9(7)5-3-8;1-3-2-5-4-1/h2-6H,1H3;1-2H. The van der Waals surface area contributed by atoms with Crippen LogP contribution in [0, 0.1) is 6.92 Å². The first-order chi connectivity index (χ1) is 6.86. The van der Waals surface area contributed by atoms with Gasteiger partial charge in [0.2, 0.25) is 6.39 Å². The molecule has 0 fully saturated rings. The first kappa shape index (κ1) is 8.69. The van der Waals surface area contributed by atoms with Crippen molar-refractivity contribution in [1.82, 2.24) is 10.1 Å². The second-order valence-corrected chi connectivity index (χ2v) is 3.03. The van der Waals surface area contributed by atoms with E-state index in [1.165, 1.54) is 29.1 Å². The average Bonchev–Trinajstić information content (AvgIpc) is 2.77. The van der Waals surface area contributed by atoms with E-state index in [4.69, 9.17) is 0 Å². The fourth-order valence-electron chi connectivity index (χ4n) is 1.31. The Hall–Kier alpha value is -1.90. The van der Waals surface area contributed by atoms with E-state index in [9.17, 15) is 0 Å². The lowest BCUT2D eigenvalue weighted by Gasteiger charge is -1.99. The summed E-state index contributed by atoms with van der Waals surface area (Å²) in [7, 11) is 0. The minimum atomic E-state index is 1.26. The third-order valence-corrected chi connectivity index (χ3v) is 2.03. The van der Waals surface area contributed by atoms with Gasteiger partial charge < -0.3 is 4.52 Å². The summed E-state index contributed by atoms with van der Waals surface area (Å²) < 4.78 is 4.22. The van der Waals surface area contributed by atoms with Crippen molar-refractivity contribution in [1.29, 1.82) is 0 Å². The van der Waals surface area contributed by atoms with Crippen molar-refractivity contribution in [2.45, 2.75) is 6.92 Å². The van der Waals surface area contributed by atoms with Crippen molar-refractivity contribution in [2.24, 2.45) is 0 Å². The highest BCUT2D eigenvalue weighted by Gasteiger charge is 1.92. The minimum absolute atomic E-state index is 1.26. The Morgan fingerprint density at radius 2 is 1.93 bits per heavy atom. The van der Waals surface area contributed by atoms with E-state index >= 15 is 0 Å². The summed E-state index contributed by atoms with van der Waals surface area (Å²) in [6.45, 7) is 2.14. The Balaban J connectivity index is 0.000000128. The second-order valence-electron chi connectivity index (χ2n) is 3.03. The van der Waals surface area contributed by atoms with Crippen molar-refractivity contribution in [2.75, 3.05) is 0 Å². The van der Waals surface area contributed by atoms with Crippen LogP contribution < -0.4 is 0 Å². The van der Waals surface area contributed by atoms with Gasteiger partial charge in [-0.15, -0.1) is 0 Å². The van der Waals surface area contributed by atoms with Crippen LogP contribution in [0.5, 0.6) is 0 Å². The maximum Gasteiger partial charge on any atom is 0.213 e. The van der Waals surface area contributed by atoms with Gasteiger partial charge in [0, 0.05) is 0 Å². The maximum absolute atomic E-state index is 4.22. The molecule has 0 unspecified atom stereocenters. The van der Waals surface area contributed by atoms with Crippen molar-refractivity contribution in [3.8, 4) is 0 Å². The molecule has 3 nitrogen and oxygen atoms in total. The van der Waals surface area contributed by atoms with Crippen LogP contribution in [0.15, 0.2) is 47.6 Å². The molecule has 0 aliphatic carbocycles. The lowest BCUT2D eigenvalue weighted by Crippen LogP contribution is -1.76. The van der Waals surface area contributed by atoms with Gasteiger partial charge in [0.15, 0.2) is 6.33 Å². The Labute approximate surface area is 81.7 Å². The molecule has 0 aliphatic rings. The molecule has 2 bridgehead atoms. The predicted molar refractivity (Wildman–Crippen MR) is 54.2 cm³/mol. The van der Waals surface area contributed by atoms with E-state index in [1.807, 2.05) is 0 Å². The van der Waals surface area contributed by atoms with Gasteiger partial charge in [-0.05, 0) is 23.3 Å². The zero-order valence-corrected chi connectivity index (χ0v) is 7.84. The lowest BCUT2D eigenvalue weighted by molar-refractivity contribution is 0.416. The van der Waals surface area contributed by atoms with Crippen molar-refractivity contribution >= 4 is 10.8 Å². The summed E-state index contributed by atoms with van der Waals surface area (Å²) in [5.41, 5.74) is 1.38. The van der Waals surface area contributed by atoms with E-state index in [0.717, 1.165) is 0 Å². The molecule has 14 heavy (non-hydrogen) atoms. The molecule has 1 aromatic heterocycles. The van der Waals surface area contributed by atoms with Crippen LogP contribution in [0.3, 0.4) is 0 Å². The van der Waals surface area contributed by atoms with Gasteiger partial charge in [0.25, 0.3) is 0 Å². The lowest BCUT2D eigenvalue weighted by atomic mass is 10.1. The highest BCUT2D eigenvalue weighted by molar-refractivity contribution is 5.72. The van der Waals surface area contributed by atoms with Crippen LogP contribution in [0.25, 0.3) is 10.8 Å². The predicted octanol–water partition coefficient (Wildman–Crippen LogP) is 2.66. The van der Waals surface area contributed by atoms with Gasteiger partial charge >= 0.3 is 0 Å². The van der Waals surface area contributed by atoms with Crippen LogP contribution in [0.1, 0.15) is 5.56 Å². The SMILES string of the molecule is Cc1cc2ccc1cc2.c1ncon1. The zero-order chi connectivity index (χ0) is 9.80. The summed E-state index contributed by atoms with van der Waals surface area (Å²) in [6, 6.07) is 10.8. The molecule has 0 atom stereocenters. The van der Waals surface area contributed by atoms with Gasteiger partial charge in [-0.2, -0.15) is 0 Å². The van der Waals surface area contributed by atoms with Crippen molar-refractivity contribution < 1.29 is 4.52 Å². The molecule has 0 radical (unpaired) electrons. The zero-order valence-electron chi connectivity index (χ0n) is 7.84. The molecule has 1 heterocycles. The third-order valence-electron chi connectivity index (χ3n) is 2.03. The molecule has 3 aromatic carbocycles. The van der Waals surface area contributed by atoms with Gasteiger partial charge in [-0.1, -0.05) is 35.5 Å². The molecule has 0 saturated heterocycles. The molecule has 0 amide bonds. The van der Waals surface area contributed by atoms with Gasteiger partial charge in [0.1, 0.15) is 0 Å². The number of rotatable bonds is 0. The molecule has 0 N–H and O–H groups in total. The van der Waals surface area contributed by atoms with Crippen LogP contribution in [-0.4, -0.2) is 10.1 Å². The first-order valence-electron chi connectivity index (χ1n) is 4.34. The molecule has 0 spiro atoms. The Morgan fingerprint density at radius 3 is 2.14 bits per heavy atom. The Morgan fingerprint density at radius 1 is 1.14 bits per heavy atom. The van der Waals surface area contributed by atoms with E-state index in [-0.39, 0.29) is 0 Å². The largest absolute Gasteiger partial charge is 0.343 e. The van der Waals surface area contributed by atoms with Crippen molar-refractivity contribution in [3.05, 3.63) is 48.6 Å². The summed E-state index contributed by atoms with van der Waals surface area (Å²) >= 11 is 0. The fourth-order valence-corrected chi connectivity index (χ4v) is 1.31. The maximum atomic E-state index is 4.22. The number of hydrogen-bond acceptors (Lipinski definition) is 3. The molecule has 3 heteroatoms. The normalized spacial score (nSPS) is 9.79. The van der Waals surface area contributed by atoms with Crippen LogP contribution in [0.2, 0.25) is 0 Å². The molecule has 0 saturated carbocycles. The highest BCUT2D eigenvalue weighted by Crippen LogP contribution is 2.16. The molecule has 4 rings (SSSR count).